The van der Waals surface area contributed by atoms with Gasteiger partial charge >= 0.3 is 0 Å². The number of aromatic nitrogens is 1. The van der Waals surface area contributed by atoms with Crippen LogP contribution < -0.4 is 9.47 Å². The van der Waals surface area contributed by atoms with Crippen molar-refractivity contribution < 1.29 is 14.3 Å². The smallest absolute Gasteiger partial charge is 0.247 e. The highest BCUT2D eigenvalue weighted by atomic mass is 16.5. The number of ether oxygens (including phenoxy) is 2. The summed E-state index contributed by atoms with van der Waals surface area (Å²) in [7, 11) is 3.26. The topological polar surface area (TPSA) is 78.7 Å². The first-order valence-corrected chi connectivity index (χ1v) is 11.5. The van der Waals surface area contributed by atoms with Crippen molar-refractivity contribution in [2.45, 2.75) is 6.04 Å². The molecule has 3 aromatic rings. The van der Waals surface area contributed by atoms with E-state index in [-0.39, 0.29) is 11.9 Å². The van der Waals surface area contributed by atoms with Crippen LogP contribution in [-0.2, 0) is 4.79 Å². The maximum absolute atomic E-state index is 13.3. The van der Waals surface area contributed by atoms with Crippen molar-refractivity contribution in [2.75, 3.05) is 40.4 Å². The molecule has 1 atom stereocenters. The zero-order valence-electron chi connectivity index (χ0n) is 19.9. The highest BCUT2D eigenvalue weighted by Crippen LogP contribution is 2.28. The molecule has 0 saturated carbocycles. The van der Waals surface area contributed by atoms with Crippen LogP contribution in [0, 0.1) is 11.3 Å². The minimum Gasteiger partial charge on any atom is -0.497 e. The Morgan fingerprint density at radius 2 is 1.51 bits per heavy atom. The van der Waals surface area contributed by atoms with Crippen LogP contribution >= 0.6 is 0 Å². The predicted molar refractivity (Wildman–Crippen MR) is 134 cm³/mol. The first-order chi connectivity index (χ1) is 17.1. The van der Waals surface area contributed by atoms with E-state index in [0.717, 1.165) is 33.8 Å². The average molecular weight is 469 g/mol. The Bertz CT molecular complexity index is 1140. The molecular weight excluding hydrogens is 440 g/mol. The van der Waals surface area contributed by atoms with Crippen LogP contribution in [0.5, 0.6) is 11.5 Å². The minimum absolute atomic E-state index is 0.0545. The Morgan fingerprint density at radius 1 is 0.943 bits per heavy atom. The van der Waals surface area contributed by atoms with Crippen molar-refractivity contribution in [3.8, 4) is 17.6 Å². The lowest BCUT2D eigenvalue weighted by Crippen LogP contribution is -2.49. The van der Waals surface area contributed by atoms with Gasteiger partial charge in [0, 0.05) is 50.2 Å². The number of benzene rings is 2. The Kier molecular flexibility index (Phi) is 7.76. The van der Waals surface area contributed by atoms with Crippen LogP contribution in [0.1, 0.15) is 22.7 Å². The number of hydrogen-bond donors (Lipinski definition) is 0. The van der Waals surface area contributed by atoms with Gasteiger partial charge in [-0.15, -0.1) is 0 Å². The number of pyridine rings is 1. The monoisotopic (exact) mass is 468 g/mol. The fourth-order valence-electron chi connectivity index (χ4n) is 4.19. The standard InChI is InChI=1S/C28H28N4O3/c1-34-24-9-5-21(6-10-24)26(22-7-11-25(35-2)12-8-22)18-28(33)32-16-14-31(15-17-32)27(19-29)23-4-3-13-30-20-23/h3-13,18,20,27H,14-17H2,1-2H3. The number of amides is 1. The van der Waals surface area contributed by atoms with E-state index in [1.165, 1.54) is 0 Å². The molecule has 2 heterocycles. The summed E-state index contributed by atoms with van der Waals surface area (Å²) < 4.78 is 10.6. The van der Waals surface area contributed by atoms with Crippen molar-refractivity contribution >= 4 is 11.5 Å². The zero-order chi connectivity index (χ0) is 24.6. The number of piperazine rings is 1. The van der Waals surface area contributed by atoms with E-state index in [1.54, 1.807) is 32.7 Å². The molecule has 178 valence electrons. The summed E-state index contributed by atoms with van der Waals surface area (Å²) >= 11 is 0. The van der Waals surface area contributed by atoms with E-state index in [9.17, 15) is 10.1 Å². The van der Waals surface area contributed by atoms with Crippen molar-refractivity contribution in [1.82, 2.24) is 14.8 Å². The first-order valence-electron chi connectivity index (χ1n) is 11.5. The second-order valence-electron chi connectivity index (χ2n) is 8.19. The third kappa shape index (κ3) is 5.68. The number of nitriles is 1. The van der Waals surface area contributed by atoms with Gasteiger partial charge in [-0.1, -0.05) is 30.3 Å². The molecule has 1 saturated heterocycles. The Morgan fingerprint density at radius 3 is 1.97 bits per heavy atom. The molecule has 7 nitrogen and oxygen atoms in total. The summed E-state index contributed by atoms with van der Waals surface area (Å²) in [6, 6.07) is 21.1. The van der Waals surface area contributed by atoms with E-state index >= 15 is 0 Å². The molecule has 0 aliphatic carbocycles. The molecule has 1 aliphatic heterocycles. The second-order valence-corrected chi connectivity index (χ2v) is 8.19. The number of methoxy groups -OCH3 is 2. The molecule has 0 N–H and O–H groups in total. The molecule has 1 amide bonds. The van der Waals surface area contributed by atoms with Crippen LogP contribution in [0.2, 0.25) is 0 Å². The van der Waals surface area contributed by atoms with Gasteiger partial charge in [-0.2, -0.15) is 5.26 Å². The summed E-state index contributed by atoms with van der Waals surface area (Å²) in [6.07, 6.45) is 5.12. The molecular formula is C28H28N4O3. The Labute approximate surface area is 205 Å². The lowest BCUT2D eigenvalue weighted by molar-refractivity contribution is -0.127. The van der Waals surface area contributed by atoms with Crippen LogP contribution in [0.4, 0.5) is 0 Å². The average Bonchev–Trinajstić information content (AvgIpc) is 2.93. The Hall–Kier alpha value is -4.15. The molecule has 1 fully saturated rings. The van der Waals surface area contributed by atoms with Crippen LogP contribution in [-0.4, -0.2) is 61.1 Å². The van der Waals surface area contributed by atoms with Crippen molar-refractivity contribution in [3.05, 3.63) is 95.8 Å². The largest absolute Gasteiger partial charge is 0.497 e. The summed E-state index contributed by atoms with van der Waals surface area (Å²) in [5.74, 6) is 1.46. The first kappa shape index (κ1) is 24.0. The van der Waals surface area contributed by atoms with E-state index < -0.39 is 0 Å². The summed E-state index contributed by atoms with van der Waals surface area (Å²) in [5.41, 5.74) is 3.54. The van der Waals surface area contributed by atoms with Gasteiger partial charge in [0.15, 0.2) is 0 Å². The van der Waals surface area contributed by atoms with Crippen molar-refractivity contribution in [1.29, 1.82) is 5.26 Å². The van der Waals surface area contributed by atoms with E-state index in [1.807, 2.05) is 65.6 Å². The molecule has 1 aromatic heterocycles. The quantitative estimate of drug-likeness (QED) is 0.489. The Balaban J connectivity index is 1.53. The normalized spacial score (nSPS) is 14.5. The van der Waals surface area contributed by atoms with Gasteiger partial charge in [-0.25, -0.2) is 0 Å². The maximum atomic E-state index is 13.3. The molecule has 0 radical (unpaired) electrons. The van der Waals surface area contributed by atoms with Gasteiger partial charge in [0.1, 0.15) is 17.5 Å². The number of hydrogen-bond acceptors (Lipinski definition) is 6. The summed E-state index contributed by atoms with van der Waals surface area (Å²) in [4.78, 5) is 21.4. The SMILES string of the molecule is COc1ccc(C(=CC(=O)N2CCN(C(C#N)c3cccnc3)CC2)c2ccc(OC)cc2)cc1. The fourth-order valence-corrected chi connectivity index (χ4v) is 4.19. The third-order valence-corrected chi connectivity index (χ3v) is 6.18. The van der Waals surface area contributed by atoms with Gasteiger partial charge < -0.3 is 14.4 Å². The lowest BCUT2D eigenvalue weighted by Gasteiger charge is -2.36. The fraction of sp³-hybridized carbons (Fsp3) is 0.250. The van der Waals surface area contributed by atoms with Gasteiger partial charge in [-0.05, 0) is 47.0 Å². The number of rotatable bonds is 7. The minimum atomic E-state index is -0.370. The second kappa shape index (κ2) is 11.3. The molecule has 2 aromatic carbocycles. The van der Waals surface area contributed by atoms with Crippen molar-refractivity contribution in [3.63, 3.8) is 0 Å². The molecule has 4 rings (SSSR count). The van der Waals surface area contributed by atoms with Gasteiger partial charge in [-0.3, -0.25) is 14.7 Å². The lowest BCUT2D eigenvalue weighted by atomic mass is 9.97. The van der Waals surface area contributed by atoms with Crippen LogP contribution in [0.25, 0.3) is 5.57 Å². The van der Waals surface area contributed by atoms with E-state index in [4.69, 9.17) is 9.47 Å². The number of nitrogens with zero attached hydrogens (tertiary/aromatic N) is 4. The zero-order valence-corrected chi connectivity index (χ0v) is 19.9. The van der Waals surface area contributed by atoms with E-state index in [2.05, 4.69) is 16.0 Å². The number of carbonyl (C=O) groups is 1. The third-order valence-electron chi connectivity index (χ3n) is 6.18. The molecule has 1 aliphatic rings. The highest BCUT2D eigenvalue weighted by Gasteiger charge is 2.27. The summed E-state index contributed by atoms with van der Waals surface area (Å²) in [5, 5.41) is 9.73. The van der Waals surface area contributed by atoms with Crippen LogP contribution in [0.3, 0.4) is 0 Å². The van der Waals surface area contributed by atoms with Crippen LogP contribution in [0.15, 0.2) is 79.1 Å². The molecule has 7 heteroatoms. The number of carbonyl (C=O) groups excluding carboxylic acids is 1. The molecule has 0 spiro atoms. The van der Waals surface area contributed by atoms with Gasteiger partial charge in [0.25, 0.3) is 0 Å². The molecule has 0 bridgehead atoms. The van der Waals surface area contributed by atoms with Gasteiger partial charge in [0.05, 0.1) is 20.3 Å². The molecule has 35 heavy (non-hydrogen) atoms. The van der Waals surface area contributed by atoms with Crippen molar-refractivity contribution in [2.24, 2.45) is 0 Å². The molecule has 1 unspecified atom stereocenters. The highest BCUT2D eigenvalue weighted by molar-refractivity contribution is 5.99. The van der Waals surface area contributed by atoms with E-state index in [0.29, 0.717) is 26.2 Å². The predicted octanol–water partition coefficient (Wildman–Crippen LogP) is 3.94. The maximum Gasteiger partial charge on any atom is 0.247 e. The summed E-state index contributed by atoms with van der Waals surface area (Å²) in [6.45, 7) is 2.33. The van der Waals surface area contributed by atoms with Gasteiger partial charge in [0.2, 0.25) is 5.91 Å².